The lowest BCUT2D eigenvalue weighted by atomic mass is 9.90. The van der Waals surface area contributed by atoms with Gasteiger partial charge in [-0.1, -0.05) is 140 Å². The van der Waals surface area contributed by atoms with Crippen LogP contribution in [0.15, 0.2) is 200 Å². The normalized spacial score (nSPS) is 11.6. The van der Waals surface area contributed by atoms with Crippen LogP contribution in [0.1, 0.15) is 0 Å². The molecule has 52 heavy (non-hydrogen) atoms. The van der Waals surface area contributed by atoms with Gasteiger partial charge in [0.05, 0.1) is 0 Å². The first-order valence-corrected chi connectivity index (χ1v) is 17.8. The first-order chi connectivity index (χ1) is 25.8. The van der Waals surface area contributed by atoms with Crippen molar-refractivity contribution in [3.8, 4) is 56.0 Å². The Morgan fingerprint density at radius 3 is 1.77 bits per heavy atom. The molecule has 244 valence electrons. The summed E-state index contributed by atoms with van der Waals surface area (Å²) < 4.78 is 6.34. The van der Waals surface area contributed by atoms with Gasteiger partial charge in [-0.3, -0.25) is 0 Å². The molecule has 0 saturated carbocycles. The Balaban J connectivity index is 1.13. The minimum absolute atomic E-state index is 0.893. The van der Waals surface area contributed by atoms with Crippen LogP contribution in [0.4, 0.5) is 17.1 Å². The first-order valence-electron chi connectivity index (χ1n) is 17.8. The number of para-hydroxylation sites is 1. The number of rotatable bonds is 6. The molecule has 0 amide bonds. The first kappa shape index (κ1) is 30.0. The van der Waals surface area contributed by atoms with E-state index >= 15 is 0 Å². The highest BCUT2D eigenvalue weighted by molar-refractivity contribution is 6.06. The van der Waals surface area contributed by atoms with E-state index in [-0.39, 0.29) is 0 Å². The number of hydrogen-bond donors (Lipinski definition) is 0. The van der Waals surface area contributed by atoms with E-state index in [0.717, 1.165) is 45.1 Å². The molecule has 0 N–H and O–H groups in total. The second kappa shape index (κ2) is 12.5. The monoisotopic (exact) mass is 663 g/mol. The minimum atomic E-state index is 0.893. The van der Waals surface area contributed by atoms with Gasteiger partial charge in [0, 0.05) is 28.0 Å². The summed E-state index contributed by atoms with van der Waals surface area (Å²) in [5.41, 5.74) is 12.7. The Hall–Kier alpha value is -6.90. The lowest BCUT2D eigenvalue weighted by Crippen LogP contribution is -2.10. The molecule has 1 aliphatic rings. The number of hydrogen-bond acceptors (Lipinski definition) is 2. The molecule has 9 aromatic rings. The van der Waals surface area contributed by atoms with Crippen molar-refractivity contribution in [1.82, 2.24) is 0 Å². The number of anilines is 3. The second-order valence-electron chi connectivity index (χ2n) is 13.4. The predicted molar refractivity (Wildman–Crippen MR) is 218 cm³/mol. The Labute approximate surface area is 303 Å². The third-order valence-corrected chi connectivity index (χ3v) is 10.2. The van der Waals surface area contributed by atoms with Crippen LogP contribution in [0, 0.1) is 0 Å². The van der Waals surface area contributed by atoms with Crippen LogP contribution in [-0.2, 0) is 0 Å². The molecule has 0 saturated heterocycles. The zero-order valence-corrected chi connectivity index (χ0v) is 28.4. The number of fused-ring (bicyclic) bond motifs is 3. The molecule has 0 bridgehead atoms. The SMILES string of the molecule is c1ccc(-c2ccc(N(c3cccc(-c4cc5c6c(cccc6c4)Oc4ccccc4-5)c3)c3cccc(-c4cccc5ccccc45)c3)cc2)cc1. The van der Waals surface area contributed by atoms with E-state index in [1.165, 1.54) is 49.5 Å². The standard InChI is InChI=1S/C50H33NO/c1-2-12-34(13-3-1)35-26-28-41(29-27-35)51(43-20-9-17-38(32-43)45-23-10-15-36-14-4-5-21-44(36)45)42-19-8-16-37(31-42)40-30-39-18-11-25-49-50(39)47(33-40)46-22-6-7-24-48(46)52-49/h1-33H. The van der Waals surface area contributed by atoms with Crippen molar-refractivity contribution in [1.29, 1.82) is 0 Å². The maximum absolute atomic E-state index is 6.34. The zero-order valence-electron chi connectivity index (χ0n) is 28.4. The van der Waals surface area contributed by atoms with Crippen LogP contribution in [0.5, 0.6) is 11.5 Å². The smallest absolute Gasteiger partial charge is 0.135 e. The van der Waals surface area contributed by atoms with Gasteiger partial charge in [-0.15, -0.1) is 0 Å². The second-order valence-corrected chi connectivity index (χ2v) is 13.4. The van der Waals surface area contributed by atoms with E-state index in [4.69, 9.17) is 4.74 Å². The van der Waals surface area contributed by atoms with E-state index in [1.807, 2.05) is 6.07 Å². The highest BCUT2D eigenvalue weighted by atomic mass is 16.5. The van der Waals surface area contributed by atoms with E-state index in [9.17, 15) is 0 Å². The fourth-order valence-corrected chi connectivity index (χ4v) is 7.75. The fourth-order valence-electron chi connectivity index (χ4n) is 7.75. The summed E-state index contributed by atoms with van der Waals surface area (Å²) in [5, 5.41) is 4.81. The molecule has 0 aromatic heterocycles. The summed E-state index contributed by atoms with van der Waals surface area (Å²) in [6.45, 7) is 0. The summed E-state index contributed by atoms with van der Waals surface area (Å²) >= 11 is 0. The van der Waals surface area contributed by atoms with Crippen molar-refractivity contribution in [2.45, 2.75) is 0 Å². The highest BCUT2D eigenvalue weighted by Crippen LogP contribution is 2.48. The average Bonchev–Trinajstić information content (AvgIpc) is 3.21. The van der Waals surface area contributed by atoms with Crippen LogP contribution in [0.2, 0.25) is 0 Å². The van der Waals surface area contributed by atoms with Gasteiger partial charge in [-0.2, -0.15) is 0 Å². The van der Waals surface area contributed by atoms with E-state index in [2.05, 4.69) is 199 Å². The van der Waals surface area contributed by atoms with Crippen molar-refractivity contribution in [3.63, 3.8) is 0 Å². The lowest BCUT2D eigenvalue weighted by Gasteiger charge is -2.27. The lowest BCUT2D eigenvalue weighted by molar-refractivity contribution is 0.487. The summed E-state index contributed by atoms with van der Waals surface area (Å²) in [6.07, 6.45) is 0. The van der Waals surface area contributed by atoms with Gasteiger partial charge < -0.3 is 9.64 Å². The highest BCUT2D eigenvalue weighted by Gasteiger charge is 2.21. The largest absolute Gasteiger partial charge is 0.456 e. The zero-order chi connectivity index (χ0) is 34.4. The van der Waals surface area contributed by atoms with Crippen molar-refractivity contribution in [2.75, 3.05) is 4.90 Å². The van der Waals surface area contributed by atoms with Gasteiger partial charge >= 0.3 is 0 Å². The maximum Gasteiger partial charge on any atom is 0.135 e. The van der Waals surface area contributed by atoms with Crippen molar-refractivity contribution >= 4 is 38.6 Å². The predicted octanol–water partition coefficient (Wildman–Crippen LogP) is 14.2. The van der Waals surface area contributed by atoms with Gasteiger partial charge in [0.1, 0.15) is 11.5 Å². The third-order valence-electron chi connectivity index (χ3n) is 10.2. The number of nitrogens with zero attached hydrogens (tertiary/aromatic N) is 1. The van der Waals surface area contributed by atoms with Crippen LogP contribution in [-0.4, -0.2) is 0 Å². The van der Waals surface area contributed by atoms with Gasteiger partial charge in [0.15, 0.2) is 0 Å². The molecular formula is C50H33NO. The van der Waals surface area contributed by atoms with E-state index in [1.54, 1.807) is 0 Å². The van der Waals surface area contributed by atoms with Crippen LogP contribution in [0.3, 0.4) is 0 Å². The summed E-state index contributed by atoms with van der Waals surface area (Å²) in [6, 6.07) is 71.8. The van der Waals surface area contributed by atoms with E-state index < -0.39 is 0 Å². The molecule has 1 heterocycles. The molecule has 0 aliphatic carbocycles. The maximum atomic E-state index is 6.34. The van der Waals surface area contributed by atoms with Crippen molar-refractivity contribution in [2.24, 2.45) is 0 Å². The summed E-state index contributed by atoms with van der Waals surface area (Å²) in [5.74, 6) is 1.80. The molecule has 0 spiro atoms. The van der Waals surface area contributed by atoms with Crippen molar-refractivity contribution < 1.29 is 4.74 Å². The van der Waals surface area contributed by atoms with Gasteiger partial charge in [-0.25, -0.2) is 0 Å². The summed E-state index contributed by atoms with van der Waals surface area (Å²) in [4.78, 5) is 2.37. The molecule has 0 atom stereocenters. The Bertz CT molecular complexity index is 2760. The Morgan fingerprint density at radius 1 is 0.308 bits per heavy atom. The Morgan fingerprint density at radius 2 is 0.904 bits per heavy atom. The fraction of sp³-hybridized carbons (Fsp3) is 0. The number of benzene rings is 9. The Kier molecular flexibility index (Phi) is 7.18. The minimum Gasteiger partial charge on any atom is -0.456 e. The molecule has 10 rings (SSSR count). The molecule has 0 fully saturated rings. The molecule has 0 radical (unpaired) electrons. The van der Waals surface area contributed by atoms with Crippen molar-refractivity contribution in [3.05, 3.63) is 200 Å². The average molecular weight is 664 g/mol. The van der Waals surface area contributed by atoms with E-state index in [0.29, 0.717) is 0 Å². The quantitative estimate of drug-likeness (QED) is 0.176. The molecule has 0 unspecified atom stereocenters. The molecule has 2 nitrogen and oxygen atoms in total. The summed E-state index contributed by atoms with van der Waals surface area (Å²) in [7, 11) is 0. The van der Waals surface area contributed by atoms with Crippen LogP contribution < -0.4 is 9.64 Å². The third kappa shape index (κ3) is 5.21. The number of ether oxygens (including phenoxy) is 1. The van der Waals surface area contributed by atoms with Gasteiger partial charge in [0.25, 0.3) is 0 Å². The molecule has 9 aromatic carbocycles. The van der Waals surface area contributed by atoms with Crippen LogP contribution in [0.25, 0.3) is 66.1 Å². The molecular weight excluding hydrogens is 631 g/mol. The topological polar surface area (TPSA) is 12.5 Å². The van der Waals surface area contributed by atoms with Gasteiger partial charge in [0.2, 0.25) is 0 Å². The molecule has 1 aliphatic heterocycles. The van der Waals surface area contributed by atoms with Gasteiger partial charge in [-0.05, 0) is 116 Å². The van der Waals surface area contributed by atoms with Crippen LogP contribution >= 0.6 is 0 Å². The molecule has 2 heteroatoms.